The molecule has 0 saturated carbocycles. The van der Waals surface area contributed by atoms with E-state index in [1.165, 1.54) is 0 Å². The number of aliphatic carboxylic acids is 1. The number of hydrogen-bond donors (Lipinski definition) is 3. The number of pyridine rings is 1. The SMILES string of the molecule is Cc1cc(C)c(C(=O)N[C@@H](Cc2ccc(OOCCCNc3ccccn3)cc2)C(=O)O)c(C)c1. The molecule has 0 radical (unpaired) electrons. The molecule has 0 saturated heterocycles. The van der Waals surface area contributed by atoms with Gasteiger partial charge in [-0.15, -0.1) is 0 Å². The predicted molar refractivity (Wildman–Crippen MR) is 134 cm³/mol. The average Bonchev–Trinajstić information content (AvgIpc) is 2.82. The molecule has 1 amide bonds. The summed E-state index contributed by atoms with van der Waals surface area (Å²) >= 11 is 0. The number of hydrogen-bond acceptors (Lipinski definition) is 6. The van der Waals surface area contributed by atoms with E-state index in [0.29, 0.717) is 24.5 Å². The van der Waals surface area contributed by atoms with Crippen LogP contribution in [0.3, 0.4) is 0 Å². The maximum absolute atomic E-state index is 12.8. The fourth-order valence-corrected chi connectivity index (χ4v) is 3.81. The molecular formula is C27H31N3O5. The number of nitrogens with zero attached hydrogens (tertiary/aromatic N) is 1. The van der Waals surface area contributed by atoms with Crippen LogP contribution in [0.5, 0.6) is 5.75 Å². The average molecular weight is 478 g/mol. The molecule has 0 aliphatic carbocycles. The van der Waals surface area contributed by atoms with E-state index in [4.69, 9.17) is 9.78 Å². The fraction of sp³-hybridized carbons (Fsp3) is 0.296. The molecule has 0 aliphatic rings. The van der Waals surface area contributed by atoms with Crippen molar-refractivity contribution in [2.45, 2.75) is 39.7 Å². The first-order valence-corrected chi connectivity index (χ1v) is 11.5. The summed E-state index contributed by atoms with van der Waals surface area (Å²) in [6.45, 7) is 6.75. The number of carboxylic acids is 1. The van der Waals surface area contributed by atoms with Crippen LogP contribution in [-0.2, 0) is 16.1 Å². The van der Waals surface area contributed by atoms with Gasteiger partial charge in [-0.25, -0.2) is 9.78 Å². The Labute approximate surface area is 205 Å². The fourth-order valence-electron chi connectivity index (χ4n) is 3.81. The van der Waals surface area contributed by atoms with Crippen LogP contribution in [0.25, 0.3) is 0 Å². The summed E-state index contributed by atoms with van der Waals surface area (Å²) in [6.07, 6.45) is 2.60. The summed E-state index contributed by atoms with van der Waals surface area (Å²) in [7, 11) is 0. The van der Waals surface area contributed by atoms with Crippen LogP contribution in [-0.4, -0.2) is 41.2 Å². The largest absolute Gasteiger partial charge is 0.480 e. The lowest BCUT2D eigenvalue weighted by molar-refractivity contribution is -0.206. The molecule has 1 heterocycles. The zero-order chi connectivity index (χ0) is 25.2. The van der Waals surface area contributed by atoms with Gasteiger partial charge in [0.25, 0.3) is 5.91 Å². The number of aromatic nitrogens is 1. The lowest BCUT2D eigenvalue weighted by atomic mass is 9.98. The standard InChI is InChI=1S/C27H31N3O5/c1-18-15-19(2)25(20(3)16-18)26(31)30-23(27(32)33)17-21-8-10-22(11-9-21)35-34-14-6-13-29-24-7-4-5-12-28-24/h4-5,7-12,15-16,23H,6,13-14,17H2,1-3H3,(H,28,29)(H,30,31)(H,32,33)/t23-/m0/s1. The highest BCUT2D eigenvalue weighted by Gasteiger charge is 2.23. The number of carbonyl (C=O) groups excluding carboxylic acids is 1. The Kier molecular flexibility index (Phi) is 9.20. The van der Waals surface area contributed by atoms with Crippen molar-refractivity contribution in [3.63, 3.8) is 0 Å². The number of carboxylic acid groups (broad SMARTS) is 1. The van der Waals surface area contributed by atoms with E-state index in [0.717, 1.165) is 34.5 Å². The van der Waals surface area contributed by atoms with Gasteiger partial charge >= 0.3 is 5.97 Å². The van der Waals surface area contributed by atoms with Crippen molar-refractivity contribution in [3.8, 4) is 5.75 Å². The number of nitrogens with one attached hydrogen (secondary N) is 2. The Balaban J connectivity index is 1.47. The summed E-state index contributed by atoms with van der Waals surface area (Å²) < 4.78 is 0. The molecule has 0 aliphatic heterocycles. The molecule has 0 bridgehead atoms. The Bertz CT molecular complexity index is 1110. The van der Waals surface area contributed by atoms with E-state index in [1.54, 1.807) is 30.5 Å². The van der Waals surface area contributed by atoms with E-state index in [9.17, 15) is 14.7 Å². The van der Waals surface area contributed by atoms with Crippen LogP contribution in [0.15, 0.2) is 60.8 Å². The Hall–Kier alpha value is -3.91. The minimum atomic E-state index is -1.09. The van der Waals surface area contributed by atoms with Crippen molar-refractivity contribution >= 4 is 17.7 Å². The van der Waals surface area contributed by atoms with Gasteiger partial charge in [0, 0.05) is 24.7 Å². The molecule has 8 heteroatoms. The van der Waals surface area contributed by atoms with Crippen molar-refractivity contribution in [1.82, 2.24) is 10.3 Å². The molecular weight excluding hydrogens is 446 g/mol. The van der Waals surface area contributed by atoms with Gasteiger partial charge in [0.15, 0.2) is 5.75 Å². The first kappa shape index (κ1) is 25.7. The van der Waals surface area contributed by atoms with Crippen molar-refractivity contribution in [2.75, 3.05) is 18.5 Å². The number of rotatable bonds is 12. The smallest absolute Gasteiger partial charge is 0.326 e. The predicted octanol–water partition coefficient (Wildman–Crippen LogP) is 4.25. The molecule has 2 aromatic carbocycles. The van der Waals surface area contributed by atoms with Crippen molar-refractivity contribution in [1.29, 1.82) is 0 Å². The van der Waals surface area contributed by atoms with Crippen LogP contribution < -0.4 is 15.5 Å². The summed E-state index contributed by atoms with van der Waals surface area (Å²) in [5.74, 6) is -0.167. The van der Waals surface area contributed by atoms with Crippen LogP contribution in [0.2, 0.25) is 0 Å². The number of carbonyl (C=O) groups is 2. The van der Waals surface area contributed by atoms with Crippen LogP contribution in [0.1, 0.15) is 39.0 Å². The summed E-state index contributed by atoms with van der Waals surface area (Å²) in [5.41, 5.74) is 3.95. The zero-order valence-corrected chi connectivity index (χ0v) is 20.2. The third-order valence-corrected chi connectivity index (χ3v) is 5.40. The molecule has 0 spiro atoms. The molecule has 3 N–H and O–H groups in total. The number of aryl methyl sites for hydroxylation is 3. The first-order chi connectivity index (χ1) is 16.8. The van der Waals surface area contributed by atoms with Gasteiger partial charge in [-0.1, -0.05) is 35.9 Å². The highest BCUT2D eigenvalue weighted by Crippen LogP contribution is 2.18. The Morgan fingerprint density at radius 3 is 2.37 bits per heavy atom. The van der Waals surface area contributed by atoms with Crippen LogP contribution >= 0.6 is 0 Å². The van der Waals surface area contributed by atoms with Gasteiger partial charge in [-0.3, -0.25) is 4.79 Å². The second kappa shape index (κ2) is 12.5. The van der Waals surface area contributed by atoms with Gasteiger partial charge in [-0.2, -0.15) is 4.89 Å². The molecule has 1 atom stereocenters. The molecule has 0 fully saturated rings. The highest BCUT2D eigenvalue weighted by atomic mass is 17.2. The third-order valence-electron chi connectivity index (χ3n) is 5.40. The van der Waals surface area contributed by atoms with E-state index in [2.05, 4.69) is 15.6 Å². The normalized spacial score (nSPS) is 11.5. The van der Waals surface area contributed by atoms with Crippen molar-refractivity contribution < 1.29 is 24.5 Å². The second-order valence-electron chi connectivity index (χ2n) is 8.39. The van der Waals surface area contributed by atoms with Gasteiger partial charge in [0.1, 0.15) is 11.9 Å². The Morgan fingerprint density at radius 2 is 1.74 bits per heavy atom. The Morgan fingerprint density at radius 1 is 1.03 bits per heavy atom. The van der Waals surface area contributed by atoms with Crippen molar-refractivity contribution in [2.24, 2.45) is 0 Å². The molecule has 35 heavy (non-hydrogen) atoms. The quantitative estimate of drug-likeness (QED) is 0.203. The topological polar surface area (TPSA) is 110 Å². The van der Waals surface area contributed by atoms with Crippen LogP contribution in [0, 0.1) is 20.8 Å². The summed E-state index contributed by atoms with van der Waals surface area (Å²) in [6, 6.07) is 15.4. The number of benzene rings is 2. The third kappa shape index (κ3) is 7.82. The summed E-state index contributed by atoms with van der Waals surface area (Å²) in [5, 5.41) is 15.5. The van der Waals surface area contributed by atoms with E-state index in [-0.39, 0.29) is 6.42 Å². The molecule has 184 valence electrons. The van der Waals surface area contributed by atoms with E-state index < -0.39 is 17.9 Å². The molecule has 8 nitrogen and oxygen atoms in total. The van der Waals surface area contributed by atoms with Gasteiger partial charge in [-0.05, 0) is 68.1 Å². The maximum Gasteiger partial charge on any atom is 0.326 e. The number of anilines is 1. The zero-order valence-electron chi connectivity index (χ0n) is 20.2. The molecule has 3 rings (SSSR count). The molecule has 0 unspecified atom stereocenters. The lowest BCUT2D eigenvalue weighted by Gasteiger charge is -2.17. The number of amides is 1. The second-order valence-corrected chi connectivity index (χ2v) is 8.39. The van der Waals surface area contributed by atoms with E-state index >= 15 is 0 Å². The maximum atomic E-state index is 12.8. The first-order valence-electron chi connectivity index (χ1n) is 11.5. The van der Waals surface area contributed by atoms with Gasteiger partial charge in [0.05, 0.1) is 6.61 Å². The lowest BCUT2D eigenvalue weighted by Crippen LogP contribution is -2.42. The molecule has 3 aromatic rings. The summed E-state index contributed by atoms with van der Waals surface area (Å²) in [4.78, 5) is 39.3. The minimum absolute atomic E-state index is 0.144. The van der Waals surface area contributed by atoms with Gasteiger partial charge in [0.2, 0.25) is 0 Å². The monoisotopic (exact) mass is 477 g/mol. The van der Waals surface area contributed by atoms with Gasteiger partial charge < -0.3 is 20.6 Å². The van der Waals surface area contributed by atoms with Crippen molar-refractivity contribution in [3.05, 3.63) is 88.6 Å². The van der Waals surface area contributed by atoms with Crippen LogP contribution in [0.4, 0.5) is 5.82 Å². The minimum Gasteiger partial charge on any atom is -0.480 e. The molecule has 1 aromatic heterocycles. The van der Waals surface area contributed by atoms with E-state index in [1.807, 2.05) is 51.1 Å². The highest BCUT2D eigenvalue weighted by molar-refractivity contribution is 5.99.